The highest BCUT2D eigenvalue weighted by Gasteiger charge is 2.04. The Kier molecular flexibility index (Phi) is 3.25. The summed E-state index contributed by atoms with van der Waals surface area (Å²) in [5.74, 6) is -0.157. The van der Waals surface area contributed by atoms with Gasteiger partial charge in [0.1, 0.15) is 0 Å². The van der Waals surface area contributed by atoms with E-state index in [4.69, 9.17) is 9.84 Å². The van der Waals surface area contributed by atoms with Crippen LogP contribution in [0.25, 0.3) is 0 Å². The van der Waals surface area contributed by atoms with Gasteiger partial charge in [0.05, 0.1) is 13.2 Å². The van der Waals surface area contributed by atoms with E-state index in [2.05, 4.69) is 0 Å². The molecule has 72 valence electrons. The van der Waals surface area contributed by atoms with Gasteiger partial charge in [0, 0.05) is 0 Å². The molecule has 0 aliphatic rings. The van der Waals surface area contributed by atoms with Crippen LogP contribution in [0.1, 0.15) is 12.5 Å². The second kappa shape index (κ2) is 4.23. The summed E-state index contributed by atoms with van der Waals surface area (Å²) in [5, 5.41) is 9.10. The summed E-state index contributed by atoms with van der Waals surface area (Å²) in [6.07, 6.45) is 0.0894. The maximum atomic E-state index is 12.9. The van der Waals surface area contributed by atoms with Gasteiger partial charge >= 0.3 is 0 Å². The lowest BCUT2D eigenvalue weighted by Crippen LogP contribution is -2.04. The van der Waals surface area contributed by atoms with Crippen LogP contribution in [0.5, 0.6) is 5.75 Å². The molecule has 1 N–H and O–H groups in total. The SMILES string of the molecule is COc1cc(C[C@H](C)O)ccc1F. The third-order valence-corrected chi connectivity index (χ3v) is 1.75. The molecule has 1 aromatic carbocycles. The molecule has 0 saturated heterocycles. The zero-order valence-electron chi connectivity index (χ0n) is 7.75. The van der Waals surface area contributed by atoms with Crippen LogP contribution >= 0.6 is 0 Å². The first-order valence-corrected chi connectivity index (χ1v) is 4.14. The van der Waals surface area contributed by atoms with Gasteiger partial charge in [-0.05, 0) is 31.0 Å². The van der Waals surface area contributed by atoms with Gasteiger partial charge in [-0.1, -0.05) is 6.07 Å². The van der Waals surface area contributed by atoms with Crippen LogP contribution in [-0.2, 0) is 6.42 Å². The number of methoxy groups -OCH3 is 1. The minimum Gasteiger partial charge on any atom is -0.494 e. The molecule has 0 aliphatic carbocycles. The Morgan fingerprint density at radius 3 is 2.77 bits per heavy atom. The van der Waals surface area contributed by atoms with Crippen molar-refractivity contribution in [2.45, 2.75) is 19.4 Å². The molecule has 0 radical (unpaired) electrons. The first-order valence-electron chi connectivity index (χ1n) is 4.14. The number of hydrogen-bond donors (Lipinski definition) is 1. The zero-order chi connectivity index (χ0) is 9.84. The summed E-state index contributed by atoms with van der Waals surface area (Å²) in [5.41, 5.74) is 0.869. The summed E-state index contributed by atoms with van der Waals surface area (Å²) >= 11 is 0. The molecule has 0 heterocycles. The predicted molar refractivity (Wildman–Crippen MR) is 48.3 cm³/mol. The van der Waals surface area contributed by atoms with Crippen molar-refractivity contribution < 1.29 is 14.2 Å². The topological polar surface area (TPSA) is 29.5 Å². The molecule has 0 aromatic heterocycles. The van der Waals surface area contributed by atoms with E-state index < -0.39 is 6.10 Å². The highest BCUT2D eigenvalue weighted by atomic mass is 19.1. The number of aliphatic hydroxyl groups excluding tert-OH is 1. The fourth-order valence-electron chi connectivity index (χ4n) is 1.17. The summed E-state index contributed by atoms with van der Waals surface area (Å²) in [7, 11) is 1.42. The molecule has 2 nitrogen and oxygen atoms in total. The van der Waals surface area contributed by atoms with Crippen LogP contribution < -0.4 is 4.74 Å². The van der Waals surface area contributed by atoms with Gasteiger partial charge in [-0.3, -0.25) is 0 Å². The quantitative estimate of drug-likeness (QED) is 0.775. The molecule has 1 aromatic rings. The maximum absolute atomic E-state index is 12.9. The first-order chi connectivity index (χ1) is 6.13. The molecular formula is C10H13FO2. The van der Waals surface area contributed by atoms with Gasteiger partial charge in [-0.15, -0.1) is 0 Å². The van der Waals surface area contributed by atoms with E-state index in [0.29, 0.717) is 6.42 Å². The molecule has 0 amide bonds. The van der Waals surface area contributed by atoms with Crippen LogP contribution in [0.4, 0.5) is 4.39 Å². The highest BCUT2D eigenvalue weighted by Crippen LogP contribution is 2.18. The monoisotopic (exact) mass is 184 g/mol. The average Bonchev–Trinajstić information content (AvgIpc) is 2.07. The number of ether oxygens (including phenoxy) is 1. The summed E-state index contributed by atoms with van der Waals surface area (Å²) < 4.78 is 17.7. The molecule has 0 spiro atoms. The average molecular weight is 184 g/mol. The van der Waals surface area contributed by atoms with Gasteiger partial charge in [0.2, 0.25) is 0 Å². The van der Waals surface area contributed by atoms with E-state index in [0.717, 1.165) is 5.56 Å². The van der Waals surface area contributed by atoms with Gasteiger partial charge in [0.15, 0.2) is 11.6 Å². The molecule has 0 bridgehead atoms. The predicted octanol–water partition coefficient (Wildman–Crippen LogP) is 1.76. The van der Waals surface area contributed by atoms with E-state index in [9.17, 15) is 4.39 Å². The Morgan fingerprint density at radius 1 is 1.54 bits per heavy atom. The van der Waals surface area contributed by atoms with Crippen molar-refractivity contribution in [1.82, 2.24) is 0 Å². The number of hydrogen-bond acceptors (Lipinski definition) is 2. The second-order valence-corrected chi connectivity index (χ2v) is 3.02. The Labute approximate surface area is 77.0 Å². The summed E-state index contributed by atoms with van der Waals surface area (Å²) in [6.45, 7) is 1.69. The second-order valence-electron chi connectivity index (χ2n) is 3.02. The van der Waals surface area contributed by atoms with E-state index >= 15 is 0 Å². The van der Waals surface area contributed by atoms with Gasteiger partial charge in [-0.25, -0.2) is 4.39 Å². The Hall–Kier alpha value is -1.09. The minimum atomic E-state index is -0.421. The van der Waals surface area contributed by atoms with Crippen LogP contribution in [0.2, 0.25) is 0 Å². The van der Waals surface area contributed by atoms with Crippen LogP contribution in [0.3, 0.4) is 0 Å². The molecule has 0 unspecified atom stereocenters. The van der Waals surface area contributed by atoms with Crippen LogP contribution in [0.15, 0.2) is 18.2 Å². The van der Waals surface area contributed by atoms with Crippen molar-refractivity contribution in [1.29, 1.82) is 0 Å². The Balaban J connectivity index is 2.86. The number of aliphatic hydroxyl groups is 1. The minimum absolute atomic E-state index is 0.221. The normalized spacial score (nSPS) is 12.6. The molecule has 1 atom stereocenters. The molecule has 1 rings (SSSR count). The molecular weight excluding hydrogens is 171 g/mol. The molecule has 0 saturated carbocycles. The van der Waals surface area contributed by atoms with Gasteiger partial charge < -0.3 is 9.84 Å². The molecule has 3 heteroatoms. The standard InChI is InChI=1S/C10H13FO2/c1-7(12)5-8-3-4-9(11)10(6-8)13-2/h3-4,6-7,12H,5H2,1-2H3/t7-/m0/s1. The lowest BCUT2D eigenvalue weighted by atomic mass is 10.1. The Morgan fingerprint density at radius 2 is 2.23 bits per heavy atom. The van der Waals surface area contributed by atoms with Crippen molar-refractivity contribution >= 4 is 0 Å². The molecule has 0 fully saturated rings. The van der Waals surface area contributed by atoms with E-state index in [1.54, 1.807) is 19.1 Å². The van der Waals surface area contributed by atoms with Crippen LogP contribution in [0, 0.1) is 5.82 Å². The Bertz CT molecular complexity index is 284. The van der Waals surface area contributed by atoms with E-state index in [1.165, 1.54) is 13.2 Å². The van der Waals surface area contributed by atoms with Crippen molar-refractivity contribution in [3.8, 4) is 5.75 Å². The lowest BCUT2D eigenvalue weighted by Gasteiger charge is -2.07. The maximum Gasteiger partial charge on any atom is 0.165 e. The zero-order valence-corrected chi connectivity index (χ0v) is 7.75. The smallest absolute Gasteiger partial charge is 0.165 e. The third kappa shape index (κ3) is 2.70. The largest absolute Gasteiger partial charge is 0.494 e. The molecule has 13 heavy (non-hydrogen) atoms. The number of rotatable bonds is 3. The number of halogens is 1. The first kappa shape index (κ1) is 9.99. The highest BCUT2D eigenvalue weighted by molar-refractivity contribution is 5.30. The van der Waals surface area contributed by atoms with Crippen LogP contribution in [-0.4, -0.2) is 18.3 Å². The van der Waals surface area contributed by atoms with Gasteiger partial charge in [-0.2, -0.15) is 0 Å². The number of benzene rings is 1. The third-order valence-electron chi connectivity index (χ3n) is 1.75. The summed E-state index contributed by atoms with van der Waals surface area (Å²) in [4.78, 5) is 0. The lowest BCUT2D eigenvalue weighted by molar-refractivity contribution is 0.195. The van der Waals surface area contributed by atoms with Crippen molar-refractivity contribution in [2.75, 3.05) is 7.11 Å². The van der Waals surface area contributed by atoms with Crippen molar-refractivity contribution in [2.24, 2.45) is 0 Å². The molecule has 0 aliphatic heterocycles. The van der Waals surface area contributed by atoms with E-state index in [1.807, 2.05) is 0 Å². The van der Waals surface area contributed by atoms with E-state index in [-0.39, 0.29) is 11.6 Å². The van der Waals surface area contributed by atoms with Gasteiger partial charge in [0.25, 0.3) is 0 Å². The van der Waals surface area contributed by atoms with Crippen molar-refractivity contribution in [3.05, 3.63) is 29.6 Å². The fourth-order valence-corrected chi connectivity index (χ4v) is 1.17. The fraction of sp³-hybridized carbons (Fsp3) is 0.400. The summed E-state index contributed by atoms with van der Waals surface area (Å²) in [6, 6.07) is 4.59. The van der Waals surface area contributed by atoms with Crippen molar-refractivity contribution in [3.63, 3.8) is 0 Å².